The summed E-state index contributed by atoms with van der Waals surface area (Å²) in [4.78, 5) is 13.2. The number of aromatic carboxylic acids is 1. The first kappa shape index (κ1) is 12.7. The van der Waals surface area contributed by atoms with E-state index in [1.54, 1.807) is 6.92 Å². The van der Waals surface area contributed by atoms with E-state index in [0.29, 0.717) is 18.2 Å². The van der Waals surface area contributed by atoms with E-state index in [1.807, 2.05) is 7.05 Å². The number of ether oxygens (including phenoxy) is 1. The molecule has 98 valence electrons. The molecule has 2 rings (SSSR count). The molecule has 0 saturated carbocycles. The maximum atomic E-state index is 11.0. The Kier molecular flexibility index (Phi) is 3.43. The first-order valence-corrected chi connectivity index (χ1v) is 5.89. The Bertz CT molecular complexity index is 472. The number of aryl methyl sites for hydroxylation is 1. The first-order valence-electron chi connectivity index (χ1n) is 5.89. The van der Waals surface area contributed by atoms with Crippen molar-refractivity contribution in [3.8, 4) is 11.5 Å². The molecule has 18 heavy (non-hydrogen) atoms. The molecule has 1 aromatic rings. The molecule has 5 nitrogen and oxygen atoms in total. The van der Waals surface area contributed by atoms with Crippen LogP contribution in [0.4, 0.5) is 0 Å². The lowest BCUT2D eigenvalue weighted by Gasteiger charge is -2.37. The molecule has 1 aliphatic heterocycles. The first-order chi connectivity index (χ1) is 8.49. The molecule has 5 heteroatoms. The Morgan fingerprint density at radius 3 is 2.78 bits per heavy atom. The molecule has 1 unspecified atom stereocenters. The molecule has 0 bridgehead atoms. The van der Waals surface area contributed by atoms with Crippen molar-refractivity contribution in [3.63, 3.8) is 0 Å². The van der Waals surface area contributed by atoms with Gasteiger partial charge in [-0.1, -0.05) is 0 Å². The number of likely N-dealkylation sites (tertiary alicyclic amines) is 1. The Morgan fingerprint density at radius 2 is 2.28 bits per heavy atom. The predicted octanol–water partition coefficient (Wildman–Crippen LogP) is 1.48. The molecule has 1 aromatic carbocycles. The molecule has 1 fully saturated rings. The van der Waals surface area contributed by atoms with E-state index >= 15 is 0 Å². The highest BCUT2D eigenvalue weighted by Crippen LogP contribution is 2.30. The number of likely N-dealkylation sites (N-methyl/N-ethyl adjacent to an activating group) is 1. The van der Waals surface area contributed by atoms with Crippen LogP contribution in [0.15, 0.2) is 12.1 Å². The molecule has 1 saturated heterocycles. The van der Waals surface area contributed by atoms with Gasteiger partial charge in [0.2, 0.25) is 0 Å². The van der Waals surface area contributed by atoms with Crippen molar-refractivity contribution in [1.82, 2.24) is 4.90 Å². The fourth-order valence-electron chi connectivity index (χ4n) is 1.99. The van der Waals surface area contributed by atoms with Crippen molar-refractivity contribution in [2.24, 2.45) is 0 Å². The van der Waals surface area contributed by atoms with Gasteiger partial charge in [0.25, 0.3) is 0 Å². The Morgan fingerprint density at radius 1 is 1.56 bits per heavy atom. The third kappa shape index (κ3) is 2.41. The van der Waals surface area contributed by atoms with Crippen molar-refractivity contribution in [1.29, 1.82) is 0 Å². The summed E-state index contributed by atoms with van der Waals surface area (Å²) in [6.45, 7) is 3.16. The Labute approximate surface area is 106 Å². The summed E-state index contributed by atoms with van der Waals surface area (Å²) in [7, 11) is 2.01. The van der Waals surface area contributed by atoms with E-state index in [2.05, 4.69) is 4.90 Å². The largest absolute Gasteiger partial charge is 0.504 e. The smallest absolute Gasteiger partial charge is 0.336 e. The second kappa shape index (κ2) is 4.86. The third-order valence-electron chi connectivity index (χ3n) is 3.41. The van der Waals surface area contributed by atoms with Crippen molar-refractivity contribution >= 4 is 5.97 Å². The number of hydrogen-bond donors (Lipinski definition) is 2. The van der Waals surface area contributed by atoms with Gasteiger partial charge in [-0.2, -0.15) is 0 Å². The summed E-state index contributed by atoms with van der Waals surface area (Å²) >= 11 is 0. The molecule has 1 aliphatic rings. The number of nitrogens with zero attached hydrogens (tertiary/aromatic N) is 1. The average Bonchev–Trinajstić information content (AvgIpc) is 2.29. The van der Waals surface area contributed by atoms with Gasteiger partial charge in [-0.05, 0) is 44.6 Å². The lowest BCUT2D eigenvalue weighted by molar-refractivity contribution is 0.0690. The van der Waals surface area contributed by atoms with Gasteiger partial charge in [-0.3, -0.25) is 4.90 Å². The predicted molar refractivity (Wildman–Crippen MR) is 66.3 cm³/mol. The number of aromatic hydroxyl groups is 1. The maximum Gasteiger partial charge on any atom is 0.336 e. The zero-order valence-electron chi connectivity index (χ0n) is 10.5. The lowest BCUT2D eigenvalue weighted by Crippen LogP contribution is -2.48. The van der Waals surface area contributed by atoms with Crippen LogP contribution in [0.3, 0.4) is 0 Å². The zero-order valence-corrected chi connectivity index (χ0v) is 10.5. The highest BCUT2D eigenvalue weighted by molar-refractivity contribution is 5.90. The lowest BCUT2D eigenvalue weighted by atomic mass is 10.1. The molecule has 2 N–H and O–H groups in total. The Hall–Kier alpha value is -1.75. The fraction of sp³-hybridized carbons (Fsp3) is 0.462. The van der Waals surface area contributed by atoms with Gasteiger partial charge < -0.3 is 14.9 Å². The van der Waals surface area contributed by atoms with Gasteiger partial charge in [0, 0.05) is 6.04 Å². The van der Waals surface area contributed by atoms with E-state index in [4.69, 9.17) is 9.84 Å². The fourth-order valence-corrected chi connectivity index (χ4v) is 1.99. The zero-order chi connectivity index (χ0) is 13.3. The van der Waals surface area contributed by atoms with Crippen LogP contribution in [0.25, 0.3) is 0 Å². The third-order valence-corrected chi connectivity index (χ3v) is 3.41. The van der Waals surface area contributed by atoms with Crippen molar-refractivity contribution in [2.45, 2.75) is 19.4 Å². The maximum absolute atomic E-state index is 11.0. The van der Waals surface area contributed by atoms with Gasteiger partial charge in [-0.15, -0.1) is 0 Å². The standard InChI is InChI=1S/C13H17NO4/c1-8-5-11(15)12(6-10(8)13(16)17)18-7-9-3-4-14(9)2/h5-6,9,15H,3-4,7H2,1-2H3,(H,16,17). The van der Waals surface area contributed by atoms with Crippen molar-refractivity contribution < 1.29 is 19.7 Å². The van der Waals surface area contributed by atoms with Gasteiger partial charge in [0.1, 0.15) is 6.61 Å². The highest BCUT2D eigenvalue weighted by atomic mass is 16.5. The summed E-state index contributed by atoms with van der Waals surface area (Å²) in [5.41, 5.74) is 0.679. The molecular formula is C13H17NO4. The highest BCUT2D eigenvalue weighted by Gasteiger charge is 2.25. The van der Waals surface area contributed by atoms with Crippen LogP contribution in [0.1, 0.15) is 22.3 Å². The van der Waals surface area contributed by atoms with E-state index in [9.17, 15) is 9.90 Å². The molecule has 1 atom stereocenters. The van der Waals surface area contributed by atoms with Gasteiger partial charge in [0.05, 0.1) is 5.56 Å². The van der Waals surface area contributed by atoms with E-state index in [1.165, 1.54) is 12.1 Å². The molecule has 1 heterocycles. The van der Waals surface area contributed by atoms with E-state index < -0.39 is 5.97 Å². The van der Waals surface area contributed by atoms with Crippen LogP contribution >= 0.6 is 0 Å². The number of rotatable bonds is 4. The number of hydrogen-bond acceptors (Lipinski definition) is 4. The van der Waals surface area contributed by atoms with Crippen LogP contribution in [0.2, 0.25) is 0 Å². The molecule has 0 aromatic heterocycles. The summed E-state index contributed by atoms with van der Waals surface area (Å²) in [5.74, 6) is -0.795. The van der Waals surface area contributed by atoms with Gasteiger partial charge >= 0.3 is 5.97 Å². The molecule has 0 spiro atoms. The van der Waals surface area contributed by atoms with Crippen LogP contribution in [-0.2, 0) is 0 Å². The van der Waals surface area contributed by atoms with Crippen LogP contribution < -0.4 is 4.74 Å². The van der Waals surface area contributed by atoms with E-state index in [-0.39, 0.29) is 17.1 Å². The topological polar surface area (TPSA) is 70.0 Å². The van der Waals surface area contributed by atoms with Crippen LogP contribution in [-0.4, -0.2) is 47.3 Å². The number of benzene rings is 1. The molecule has 0 amide bonds. The number of carboxylic acids is 1. The summed E-state index contributed by atoms with van der Waals surface area (Å²) in [6.07, 6.45) is 1.06. The molecule has 0 radical (unpaired) electrons. The Balaban J connectivity index is 2.11. The minimum atomic E-state index is -1.02. The van der Waals surface area contributed by atoms with Crippen LogP contribution in [0, 0.1) is 6.92 Å². The average molecular weight is 251 g/mol. The minimum Gasteiger partial charge on any atom is -0.504 e. The minimum absolute atomic E-state index is 0.0144. The van der Waals surface area contributed by atoms with Crippen LogP contribution in [0.5, 0.6) is 11.5 Å². The van der Waals surface area contributed by atoms with Gasteiger partial charge in [0.15, 0.2) is 11.5 Å². The van der Waals surface area contributed by atoms with Crippen molar-refractivity contribution in [3.05, 3.63) is 23.3 Å². The quantitative estimate of drug-likeness (QED) is 0.848. The monoisotopic (exact) mass is 251 g/mol. The summed E-state index contributed by atoms with van der Waals surface area (Å²) in [6, 6.07) is 3.15. The number of carboxylic acid groups (broad SMARTS) is 1. The normalized spacial score (nSPS) is 19.3. The SMILES string of the molecule is Cc1cc(O)c(OCC2CCN2C)cc1C(=O)O. The number of carbonyl (C=O) groups is 1. The second-order valence-corrected chi connectivity index (χ2v) is 4.67. The summed E-state index contributed by atoms with van der Waals surface area (Å²) < 4.78 is 5.50. The summed E-state index contributed by atoms with van der Waals surface area (Å²) in [5, 5.41) is 18.7. The number of phenolic OH excluding ortho intramolecular Hbond substituents is 1. The number of phenols is 1. The second-order valence-electron chi connectivity index (χ2n) is 4.67. The van der Waals surface area contributed by atoms with Crippen molar-refractivity contribution in [2.75, 3.05) is 20.2 Å². The van der Waals surface area contributed by atoms with Gasteiger partial charge in [-0.25, -0.2) is 4.79 Å². The molecular weight excluding hydrogens is 234 g/mol. The van der Waals surface area contributed by atoms with E-state index in [0.717, 1.165) is 13.0 Å². The molecule has 0 aliphatic carbocycles.